The van der Waals surface area contributed by atoms with Gasteiger partial charge in [-0.1, -0.05) is 24.6 Å². The van der Waals surface area contributed by atoms with Crippen LogP contribution in [0.4, 0.5) is 0 Å². The van der Waals surface area contributed by atoms with Crippen molar-refractivity contribution in [2.45, 2.75) is 32.8 Å². The van der Waals surface area contributed by atoms with Crippen LogP contribution in [0.2, 0.25) is 0 Å². The molecule has 4 heteroatoms. The second kappa shape index (κ2) is 7.01. The lowest BCUT2D eigenvalue weighted by Crippen LogP contribution is -2.27. The van der Waals surface area contributed by atoms with E-state index in [-0.39, 0.29) is 0 Å². The molecule has 0 spiro atoms. The van der Waals surface area contributed by atoms with Gasteiger partial charge in [-0.15, -0.1) is 0 Å². The lowest BCUT2D eigenvalue weighted by molar-refractivity contribution is -0.150. The van der Waals surface area contributed by atoms with Crippen LogP contribution in [0.3, 0.4) is 0 Å². The number of benzene rings is 1. The Balaban J connectivity index is 2.85. The second-order valence-corrected chi connectivity index (χ2v) is 4.22. The number of hydrogen-bond donors (Lipinski definition) is 1. The molecule has 18 heavy (non-hydrogen) atoms. The lowest BCUT2D eigenvalue weighted by atomic mass is 10.0. The Morgan fingerprint density at radius 3 is 2.72 bits per heavy atom. The molecule has 0 aliphatic heterocycles. The third-order valence-electron chi connectivity index (χ3n) is 2.64. The minimum Gasteiger partial charge on any atom is -0.496 e. The normalized spacial score (nSPS) is 12.2. The van der Waals surface area contributed by atoms with Gasteiger partial charge in [0.15, 0.2) is 6.10 Å². The van der Waals surface area contributed by atoms with Gasteiger partial charge < -0.3 is 14.6 Å². The average molecular weight is 252 g/mol. The number of ether oxygens (including phenoxy) is 2. The highest BCUT2D eigenvalue weighted by atomic mass is 16.5. The highest BCUT2D eigenvalue weighted by molar-refractivity contribution is 5.73. The lowest BCUT2D eigenvalue weighted by Gasteiger charge is -2.15. The molecule has 0 unspecified atom stereocenters. The molecule has 0 saturated carbocycles. The van der Waals surface area contributed by atoms with Crippen LogP contribution < -0.4 is 4.74 Å². The number of rotatable bonds is 7. The summed E-state index contributed by atoms with van der Waals surface area (Å²) < 4.78 is 10.6. The van der Waals surface area contributed by atoms with Crippen LogP contribution in [0.1, 0.15) is 24.5 Å². The molecule has 4 nitrogen and oxygen atoms in total. The fraction of sp³-hybridized carbons (Fsp3) is 0.500. The van der Waals surface area contributed by atoms with Crippen LogP contribution in [0.5, 0.6) is 5.75 Å². The molecule has 1 rings (SSSR count). The van der Waals surface area contributed by atoms with Gasteiger partial charge in [0, 0.05) is 13.0 Å². The molecule has 0 saturated heterocycles. The van der Waals surface area contributed by atoms with Crippen LogP contribution in [0.25, 0.3) is 0 Å². The zero-order valence-electron chi connectivity index (χ0n) is 11.1. The first-order valence-electron chi connectivity index (χ1n) is 6.06. The molecule has 1 atom stereocenters. The monoisotopic (exact) mass is 252 g/mol. The molecule has 1 aromatic carbocycles. The highest BCUT2D eigenvalue weighted by Gasteiger charge is 2.20. The molecular formula is C14H20O4. The van der Waals surface area contributed by atoms with Crippen LogP contribution >= 0.6 is 0 Å². The van der Waals surface area contributed by atoms with Crippen molar-refractivity contribution in [1.29, 1.82) is 0 Å². The molecule has 0 aromatic heterocycles. The number of aryl methyl sites for hydroxylation is 1. The van der Waals surface area contributed by atoms with Gasteiger partial charge in [-0.25, -0.2) is 4.79 Å². The summed E-state index contributed by atoms with van der Waals surface area (Å²) in [5.74, 6) is -0.237. The Labute approximate surface area is 108 Å². The van der Waals surface area contributed by atoms with Gasteiger partial charge in [-0.05, 0) is 25.0 Å². The summed E-state index contributed by atoms with van der Waals surface area (Å²) in [5, 5.41) is 9.13. The predicted molar refractivity (Wildman–Crippen MR) is 69.1 cm³/mol. The van der Waals surface area contributed by atoms with Gasteiger partial charge in [0.1, 0.15) is 5.75 Å². The minimum atomic E-state index is -0.938. The van der Waals surface area contributed by atoms with Crippen molar-refractivity contribution < 1.29 is 19.4 Å². The van der Waals surface area contributed by atoms with E-state index in [1.807, 2.05) is 32.0 Å². The Morgan fingerprint density at radius 1 is 1.44 bits per heavy atom. The third-order valence-corrected chi connectivity index (χ3v) is 2.64. The first kappa shape index (κ1) is 14.5. The Hall–Kier alpha value is -1.55. The highest BCUT2D eigenvalue weighted by Crippen LogP contribution is 2.22. The van der Waals surface area contributed by atoms with Gasteiger partial charge in [0.2, 0.25) is 0 Å². The fourth-order valence-electron chi connectivity index (χ4n) is 1.74. The van der Waals surface area contributed by atoms with Crippen molar-refractivity contribution in [3.8, 4) is 5.75 Å². The van der Waals surface area contributed by atoms with Gasteiger partial charge in [0.25, 0.3) is 0 Å². The summed E-state index contributed by atoms with van der Waals surface area (Å²) in [5.41, 5.74) is 1.94. The maximum atomic E-state index is 11.1. The molecule has 100 valence electrons. The Kier molecular flexibility index (Phi) is 5.65. The quantitative estimate of drug-likeness (QED) is 0.809. The molecule has 0 aliphatic carbocycles. The largest absolute Gasteiger partial charge is 0.496 e. The zero-order valence-corrected chi connectivity index (χ0v) is 11.1. The van der Waals surface area contributed by atoms with E-state index in [0.29, 0.717) is 18.8 Å². The van der Waals surface area contributed by atoms with Crippen LogP contribution in [-0.4, -0.2) is 30.9 Å². The van der Waals surface area contributed by atoms with Crippen molar-refractivity contribution in [3.63, 3.8) is 0 Å². The molecule has 0 amide bonds. The number of carboxylic acid groups (broad SMARTS) is 1. The number of methoxy groups -OCH3 is 1. The van der Waals surface area contributed by atoms with E-state index in [9.17, 15) is 4.79 Å². The van der Waals surface area contributed by atoms with E-state index < -0.39 is 12.1 Å². The summed E-state index contributed by atoms with van der Waals surface area (Å²) in [6.07, 6.45) is 0.301. The van der Waals surface area contributed by atoms with E-state index in [0.717, 1.165) is 17.5 Å². The van der Waals surface area contributed by atoms with Crippen molar-refractivity contribution in [2.75, 3.05) is 13.7 Å². The third kappa shape index (κ3) is 4.04. The van der Waals surface area contributed by atoms with E-state index in [4.69, 9.17) is 14.6 Å². The average Bonchev–Trinajstić information content (AvgIpc) is 2.34. The SMILES string of the molecule is CCCO[C@@H](Cc1cc(C)ccc1OC)C(=O)O. The van der Waals surface area contributed by atoms with E-state index >= 15 is 0 Å². The van der Waals surface area contributed by atoms with Gasteiger partial charge in [0.05, 0.1) is 7.11 Å². The summed E-state index contributed by atoms with van der Waals surface area (Å²) in [6, 6.07) is 5.72. The van der Waals surface area contributed by atoms with Gasteiger partial charge >= 0.3 is 5.97 Å². The number of carbonyl (C=O) groups is 1. The van der Waals surface area contributed by atoms with Crippen molar-refractivity contribution in [3.05, 3.63) is 29.3 Å². The maximum Gasteiger partial charge on any atom is 0.333 e. The molecule has 1 N–H and O–H groups in total. The summed E-state index contributed by atoms with van der Waals surface area (Å²) in [6.45, 7) is 4.36. The summed E-state index contributed by atoms with van der Waals surface area (Å²) in [7, 11) is 1.58. The molecule has 0 heterocycles. The zero-order chi connectivity index (χ0) is 13.5. The van der Waals surface area contributed by atoms with E-state index in [2.05, 4.69) is 0 Å². The first-order chi connectivity index (χ1) is 8.58. The smallest absolute Gasteiger partial charge is 0.333 e. The standard InChI is InChI=1S/C14H20O4/c1-4-7-18-13(14(15)16)9-11-8-10(2)5-6-12(11)17-3/h5-6,8,13H,4,7,9H2,1-3H3,(H,15,16)/t13-/m0/s1. The van der Waals surface area contributed by atoms with Gasteiger partial charge in [-0.3, -0.25) is 0 Å². The Morgan fingerprint density at radius 2 is 2.17 bits per heavy atom. The Bertz CT molecular complexity index is 401. The number of hydrogen-bond acceptors (Lipinski definition) is 3. The van der Waals surface area contributed by atoms with Crippen molar-refractivity contribution >= 4 is 5.97 Å². The molecule has 0 aliphatic rings. The summed E-state index contributed by atoms with van der Waals surface area (Å²) >= 11 is 0. The van der Waals surface area contributed by atoms with Gasteiger partial charge in [-0.2, -0.15) is 0 Å². The van der Waals surface area contributed by atoms with Crippen LogP contribution in [-0.2, 0) is 16.0 Å². The van der Waals surface area contributed by atoms with Crippen LogP contribution in [0.15, 0.2) is 18.2 Å². The summed E-state index contributed by atoms with van der Waals surface area (Å²) in [4.78, 5) is 11.1. The predicted octanol–water partition coefficient (Wildman–Crippen LogP) is 2.43. The van der Waals surface area contributed by atoms with E-state index in [1.54, 1.807) is 7.11 Å². The topological polar surface area (TPSA) is 55.8 Å². The van der Waals surface area contributed by atoms with Crippen LogP contribution in [0, 0.1) is 6.92 Å². The molecule has 0 radical (unpaired) electrons. The van der Waals surface area contributed by atoms with E-state index in [1.165, 1.54) is 0 Å². The second-order valence-electron chi connectivity index (χ2n) is 4.22. The van der Waals surface area contributed by atoms with Crippen molar-refractivity contribution in [1.82, 2.24) is 0 Å². The molecule has 0 fully saturated rings. The fourth-order valence-corrected chi connectivity index (χ4v) is 1.74. The minimum absolute atomic E-state index is 0.320. The molecule has 1 aromatic rings. The number of aliphatic carboxylic acids is 1. The molecular weight excluding hydrogens is 232 g/mol. The number of carboxylic acids is 1. The maximum absolute atomic E-state index is 11.1. The molecule has 0 bridgehead atoms. The van der Waals surface area contributed by atoms with Crippen molar-refractivity contribution in [2.24, 2.45) is 0 Å². The first-order valence-corrected chi connectivity index (χ1v) is 6.06.